The summed E-state index contributed by atoms with van der Waals surface area (Å²) in [6.07, 6.45) is 8.21. The number of unbranched alkanes of at least 4 members (excludes halogenated alkanes) is 1. The third-order valence-electron chi connectivity index (χ3n) is 2.07. The molecule has 0 bridgehead atoms. The molecule has 0 aliphatic carbocycles. The summed E-state index contributed by atoms with van der Waals surface area (Å²) < 4.78 is 4.96. The van der Waals surface area contributed by atoms with E-state index in [0.29, 0.717) is 0 Å². The predicted octanol–water partition coefficient (Wildman–Crippen LogP) is 3.10. The van der Waals surface area contributed by atoms with Crippen molar-refractivity contribution in [3.8, 4) is 0 Å². The molecule has 0 aromatic carbocycles. The van der Waals surface area contributed by atoms with E-state index in [0.717, 1.165) is 18.8 Å². The molecule has 0 fully saturated rings. The molecule has 0 N–H and O–H groups in total. The molecule has 1 aromatic rings. The molecule has 0 atom stereocenters. The van der Waals surface area contributed by atoms with Crippen LogP contribution in [0, 0.1) is 6.26 Å². The van der Waals surface area contributed by atoms with Crippen LogP contribution in [0.15, 0.2) is 16.7 Å². The van der Waals surface area contributed by atoms with Crippen LogP contribution in [0.25, 0.3) is 0 Å². The first-order chi connectivity index (χ1) is 6.38. The smallest absolute Gasteiger partial charge is 0.194 e. The lowest BCUT2D eigenvalue weighted by Crippen LogP contribution is -2.24. The van der Waals surface area contributed by atoms with Crippen LogP contribution in [0.2, 0.25) is 0 Å². The van der Waals surface area contributed by atoms with E-state index < -0.39 is 0 Å². The Morgan fingerprint density at radius 2 is 2.15 bits per heavy atom. The van der Waals surface area contributed by atoms with Crippen molar-refractivity contribution in [2.75, 3.05) is 18.0 Å². The van der Waals surface area contributed by atoms with Gasteiger partial charge in [-0.3, -0.25) is 0 Å². The minimum absolute atomic E-state index is 1.09. The first-order valence-corrected chi connectivity index (χ1v) is 5.08. The average Bonchev–Trinajstić information content (AvgIpc) is 2.65. The van der Waals surface area contributed by atoms with Crippen molar-refractivity contribution >= 4 is 5.69 Å². The molecule has 1 radical (unpaired) electrons. The van der Waals surface area contributed by atoms with E-state index in [1.54, 1.807) is 6.26 Å². The van der Waals surface area contributed by atoms with Crippen molar-refractivity contribution in [1.82, 2.24) is 0 Å². The summed E-state index contributed by atoms with van der Waals surface area (Å²) in [6, 6.07) is 1.98. The van der Waals surface area contributed by atoms with Crippen LogP contribution < -0.4 is 4.90 Å². The Hall–Kier alpha value is -0.920. The largest absolute Gasteiger partial charge is 0.459 e. The maximum absolute atomic E-state index is 4.96. The van der Waals surface area contributed by atoms with Crippen molar-refractivity contribution in [3.05, 3.63) is 18.6 Å². The molecule has 0 amide bonds. The molecule has 0 saturated carbocycles. The lowest BCUT2D eigenvalue weighted by molar-refractivity contribution is 0.556. The number of furan rings is 1. The van der Waals surface area contributed by atoms with Crippen LogP contribution >= 0.6 is 0 Å². The third kappa shape index (κ3) is 3.13. The van der Waals surface area contributed by atoms with Gasteiger partial charge in [0.15, 0.2) is 6.26 Å². The molecule has 73 valence electrons. The van der Waals surface area contributed by atoms with Gasteiger partial charge in [0.25, 0.3) is 0 Å². The molecule has 0 saturated heterocycles. The van der Waals surface area contributed by atoms with Gasteiger partial charge >= 0.3 is 0 Å². The van der Waals surface area contributed by atoms with Crippen molar-refractivity contribution < 1.29 is 4.42 Å². The van der Waals surface area contributed by atoms with Crippen LogP contribution in [0.4, 0.5) is 5.69 Å². The van der Waals surface area contributed by atoms with Crippen LogP contribution in [0.5, 0.6) is 0 Å². The van der Waals surface area contributed by atoms with E-state index >= 15 is 0 Å². The molecule has 0 unspecified atom stereocenters. The van der Waals surface area contributed by atoms with Gasteiger partial charge in [0.05, 0.1) is 12.0 Å². The quantitative estimate of drug-likeness (QED) is 0.669. The SMILES string of the molecule is CCCCN(CCC)c1[c]occ1. The zero-order chi connectivity index (χ0) is 9.52. The second-order valence-corrected chi connectivity index (χ2v) is 3.25. The van der Waals surface area contributed by atoms with Gasteiger partial charge in [0, 0.05) is 19.2 Å². The Bertz CT molecular complexity index is 206. The van der Waals surface area contributed by atoms with Gasteiger partial charge in [-0.2, -0.15) is 0 Å². The van der Waals surface area contributed by atoms with E-state index in [4.69, 9.17) is 4.42 Å². The van der Waals surface area contributed by atoms with Gasteiger partial charge in [-0.05, 0) is 12.8 Å². The Balaban J connectivity index is 2.47. The minimum atomic E-state index is 1.09. The lowest BCUT2D eigenvalue weighted by Gasteiger charge is -2.21. The average molecular weight is 180 g/mol. The predicted molar refractivity (Wildman–Crippen MR) is 55.0 cm³/mol. The summed E-state index contributed by atoms with van der Waals surface area (Å²) in [4.78, 5) is 2.33. The van der Waals surface area contributed by atoms with E-state index in [1.807, 2.05) is 6.07 Å². The molecule has 1 rings (SSSR count). The molecule has 0 spiro atoms. The van der Waals surface area contributed by atoms with Gasteiger partial charge in [-0.25, -0.2) is 0 Å². The first-order valence-electron chi connectivity index (χ1n) is 5.08. The van der Waals surface area contributed by atoms with E-state index in [2.05, 4.69) is 25.0 Å². The monoisotopic (exact) mass is 180 g/mol. The maximum Gasteiger partial charge on any atom is 0.194 e. The fourth-order valence-corrected chi connectivity index (χ4v) is 1.37. The topological polar surface area (TPSA) is 16.4 Å². The molecular weight excluding hydrogens is 162 g/mol. The van der Waals surface area contributed by atoms with Crippen molar-refractivity contribution in [1.29, 1.82) is 0 Å². The summed E-state index contributed by atoms with van der Waals surface area (Å²) in [5.41, 5.74) is 1.09. The highest BCUT2D eigenvalue weighted by molar-refractivity contribution is 5.41. The van der Waals surface area contributed by atoms with E-state index in [1.165, 1.54) is 19.3 Å². The first kappa shape index (κ1) is 10.2. The van der Waals surface area contributed by atoms with Gasteiger partial charge in [0.2, 0.25) is 0 Å². The molecule has 13 heavy (non-hydrogen) atoms. The number of rotatable bonds is 6. The van der Waals surface area contributed by atoms with Crippen LogP contribution in [0.3, 0.4) is 0 Å². The molecular formula is C11H18NO. The highest BCUT2D eigenvalue weighted by Crippen LogP contribution is 2.14. The highest BCUT2D eigenvalue weighted by Gasteiger charge is 2.05. The number of anilines is 1. The Labute approximate surface area is 80.5 Å². The van der Waals surface area contributed by atoms with Gasteiger partial charge in [-0.15, -0.1) is 0 Å². The standard InChI is InChI=1S/C11H18NO/c1-3-5-8-12(7-4-2)11-6-9-13-10-11/h6,9H,3-5,7-8H2,1-2H3. The molecule has 0 aliphatic heterocycles. The van der Waals surface area contributed by atoms with Crippen LogP contribution in [-0.4, -0.2) is 13.1 Å². The van der Waals surface area contributed by atoms with Gasteiger partial charge in [-0.1, -0.05) is 20.3 Å². The van der Waals surface area contributed by atoms with Crippen molar-refractivity contribution in [2.45, 2.75) is 33.1 Å². The van der Waals surface area contributed by atoms with Gasteiger partial charge < -0.3 is 9.32 Å². The number of nitrogens with zero attached hydrogens (tertiary/aromatic N) is 1. The second kappa shape index (κ2) is 5.68. The fraction of sp³-hybridized carbons (Fsp3) is 0.636. The summed E-state index contributed by atoms with van der Waals surface area (Å²) in [5.74, 6) is 0. The number of hydrogen-bond acceptors (Lipinski definition) is 2. The third-order valence-corrected chi connectivity index (χ3v) is 2.07. The Morgan fingerprint density at radius 1 is 1.31 bits per heavy atom. The molecule has 0 aliphatic rings. The van der Waals surface area contributed by atoms with E-state index in [9.17, 15) is 0 Å². The van der Waals surface area contributed by atoms with Crippen molar-refractivity contribution in [2.24, 2.45) is 0 Å². The molecule has 1 heterocycles. The highest BCUT2D eigenvalue weighted by atomic mass is 16.3. The zero-order valence-electron chi connectivity index (χ0n) is 8.55. The Morgan fingerprint density at radius 3 is 2.69 bits per heavy atom. The zero-order valence-corrected chi connectivity index (χ0v) is 8.55. The van der Waals surface area contributed by atoms with Crippen LogP contribution in [-0.2, 0) is 0 Å². The normalized spacial score (nSPS) is 10.3. The maximum atomic E-state index is 4.96. The second-order valence-electron chi connectivity index (χ2n) is 3.25. The van der Waals surface area contributed by atoms with Crippen molar-refractivity contribution in [3.63, 3.8) is 0 Å². The molecule has 1 aromatic heterocycles. The summed E-state index contributed by atoms with van der Waals surface area (Å²) in [5, 5.41) is 0. The molecule has 2 heteroatoms. The summed E-state index contributed by atoms with van der Waals surface area (Å²) in [7, 11) is 0. The van der Waals surface area contributed by atoms with E-state index in [-0.39, 0.29) is 0 Å². The van der Waals surface area contributed by atoms with Crippen LogP contribution in [0.1, 0.15) is 33.1 Å². The summed E-state index contributed by atoms with van der Waals surface area (Å²) in [6.45, 7) is 6.61. The fourth-order valence-electron chi connectivity index (χ4n) is 1.37. The molecule has 2 nitrogen and oxygen atoms in total. The Kier molecular flexibility index (Phi) is 4.44. The lowest BCUT2D eigenvalue weighted by atomic mass is 10.3. The summed E-state index contributed by atoms with van der Waals surface area (Å²) >= 11 is 0. The van der Waals surface area contributed by atoms with Gasteiger partial charge in [0.1, 0.15) is 0 Å². The minimum Gasteiger partial charge on any atom is -0.459 e. The number of hydrogen-bond donors (Lipinski definition) is 0.